The molecule has 1 aliphatic rings. The maximum Gasteiger partial charge on any atom is 0.262 e. The van der Waals surface area contributed by atoms with E-state index in [2.05, 4.69) is 5.32 Å². The molecule has 5 rings (SSSR count). The molecule has 0 saturated heterocycles. The Kier molecular flexibility index (Phi) is 7.06. The molecule has 3 heterocycles. The Morgan fingerprint density at radius 1 is 1.03 bits per heavy atom. The summed E-state index contributed by atoms with van der Waals surface area (Å²) in [6.07, 6.45) is 3.96. The molecule has 1 amide bonds. The molecule has 2 aromatic carbocycles. The van der Waals surface area contributed by atoms with Crippen molar-refractivity contribution >= 4 is 27.5 Å². The molecule has 0 atom stereocenters. The van der Waals surface area contributed by atoms with E-state index in [1.807, 2.05) is 66.1 Å². The maximum absolute atomic E-state index is 13.2. The van der Waals surface area contributed by atoms with E-state index in [4.69, 9.17) is 9.72 Å². The van der Waals surface area contributed by atoms with Gasteiger partial charge < -0.3 is 10.1 Å². The van der Waals surface area contributed by atoms with Gasteiger partial charge in [0.15, 0.2) is 0 Å². The van der Waals surface area contributed by atoms with Crippen LogP contribution in [0.25, 0.3) is 10.2 Å². The number of rotatable bonds is 7. The van der Waals surface area contributed by atoms with E-state index >= 15 is 0 Å². The van der Waals surface area contributed by atoms with Crippen LogP contribution in [-0.4, -0.2) is 15.5 Å². The van der Waals surface area contributed by atoms with Crippen LogP contribution in [0.3, 0.4) is 0 Å². The van der Waals surface area contributed by atoms with Crippen LogP contribution < -0.4 is 10.9 Å². The van der Waals surface area contributed by atoms with Crippen molar-refractivity contribution in [1.29, 1.82) is 0 Å². The van der Waals surface area contributed by atoms with Crippen molar-refractivity contribution in [3.05, 3.63) is 97.9 Å². The lowest BCUT2D eigenvalue weighted by Crippen LogP contribution is -2.25. The number of ether oxygens (including phenoxy) is 1. The quantitative estimate of drug-likeness (QED) is 0.392. The minimum absolute atomic E-state index is 0.0133. The lowest BCUT2D eigenvalue weighted by molar-refractivity contribution is 0.0951. The minimum atomic E-state index is -0.176. The van der Waals surface area contributed by atoms with E-state index in [9.17, 15) is 9.59 Å². The molecule has 0 unspecified atom stereocenters. The standard InChI is InChI=1S/C28H29N3O3S/c1-19-24-27(30-23-14-6-3-9-15-31(23)28(24)33)35-25(19)26(32)29-16-21-12-7-8-13-22(21)18-34-17-20-10-4-2-5-11-20/h2,4-5,7-8,10-13H,3,6,9,14-18H2,1H3,(H,29,32). The Bertz CT molecular complexity index is 1410. The molecule has 4 aromatic rings. The van der Waals surface area contributed by atoms with Crippen molar-refractivity contribution in [3.63, 3.8) is 0 Å². The van der Waals surface area contributed by atoms with Gasteiger partial charge >= 0.3 is 0 Å². The first-order chi connectivity index (χ1) is 17.1. The fraction of sp³-hybridized carbons (Fsp3) is 0.321. The van der Waals surface area contributed by atoms with Gasteiger partial charge in [0.25, 0.3) is 11.5 Å². The van der Waals surface area contributed by atoms with Gasteiger partial charge in [0.2, 0.25) is 0 Å². The first-order valence-corrected chi connectivity index (χ1v) is 12.9. The van der Waals surface area contributed by atoms with E-state index in [-0.39, 0.29) is 11.5 Å². The molecule has 0 fully saturated rings. The first-order valence-electron chi connectivity index (χ1n) is 12.1. The second-order valence-corrected chi connectivity index (χ2v) is 9.96. The molecule has 0 saturated carbocycles. The Labute approximate surface area is 208 Å². The van der Waals surface area contributed by atoms with Gasteiger partial charge in [-0.1, -0.05) is 61.0 Å². The molecule has 1 N–H and O–H groups in total. The Balaban J connectivity index is 1.30. The van der Waals surface area contributed by atoms with Gasteiger partial charge in [-0.15, -0.1) is 11.3 Å². The third-order valence-corrected chi connectivity index (χ3v) is 7.73. The predicted octanol–water partition coefficient (Wildman–Crippen LogP) is 5.14. The van der Waals surface area contributed by atoms with Gasteiger partial charge in [0.05, 0.1) is 23.5 Å². The SMILES string of the molecule is Cc1c(C(=O)NCc2ccccc2COCc2ccccc2)sc2nc3n(c(=O)c12)CCCCC3. The van der Waals surface area contributed by atoms with Gasteiger partial charge in [-0.2, -0.15) is 0 Å². The summed E-state index contributed by atoms with van der Waals surface area (Å²) < 4.78 is 7.72. The monoisotopic (exact) mass is 487 g/mol. The molecule has 35 heavy (non-hydrogen) atoms. The van der Waals surface area contributed by atoms with Crippen molar-refractivity contribution in [2.24, 2.45) is 0 Å². The van der Waals surface area contributed by atoms with Crippen LogP contribution in [0.5, 0.6) is 0 Å². The number of nitrogens with zero attached hydrogens (tertiary/aromatic N) is 2. The highest BCUT2D eigenvalue weighted by Gasteiger charge is 2.22. The van der Waals surface area contributed by atoms with Crippen LogP contribution >= 0.6 is 11.3 Å². The summed E-state index contributed by atoms with van der Waals surface area (Å²) in [5.41, 5.74) is 3.89. The summed E-state index contributed by atoms with van der Waals surface area (Å²) in [7, 11) is 0. The lowest BCUT2D eigenvalue weighted by atomic mass is 10.1. The highest BCUT2D eigenvalue weighted by atomic mass is 32.1. The fourth-order valence-electron chi connectivity index (χ4n) is 4.61. The molecule has 0 radical (unpaired) electrons. The summed E-state index contributed by atoms with van der Waals surface area (Å²) in [6.45, 7) is 3.95. The van der Waals surface area contributed by atoms with Gasteiger partial charge in [0.1, 0.15) is 10.7 Å². The number of amides is 1. The second kappa shape index (κ2) is 10.5. The molecular formula is C28H29N3O3S. The van der Waals surface area contributed by atoms with E-state index in [1.54, 1.807) is 0 Å². The molecular weight excluding hydrogens is 458 g/mol. The molecule has 7 heteroatoms. The highest BCUT2D eigenvalue weighted by Crippen LogP contribution is 2.28. The largest absolute Gasteiger partial charge is 0.372 e. The molecule has 1 aliphatic heterocycles. The van der Waals surface area contributed by atoms with Crippen molar-refractivity contribution in [2.45, 2.75) is 58.9 Å². The van der Waals surface area contributed by atoms with Crippen molar-refractivity contribution in [1.82, 2.24) is 14.9 Å². The molecule has 0 spiro atoms. The number of aromatic nitrogens is 2. The van der Waals surface area contributed by atoms with Crippen LogP contribution in [0.15, 0.2) is 59.4 Å². The molecule has 0 bridgehead atoms. The number of hydrogen-bond acceptors (Lipinski definition) is 5. The maximum atomic E-state index is 13.2. The number of carbonyl (C=O) groups is 1. The Morgan fingerprint density at radius 3 is 2.63 bits per heavy atom. The summed E-state index contributed by atoms with van der Waals surface area (Å²) in [5, 5.41) is 3.63. The fourth-order valence-corrected chi connectivity index (χ4v) is 5.71. The molecule has 6 nitrogen and oxygen atoms in total. The van der Waals surface area contributed by atoms with E-state index in [1.165, 1.54) is 11.3 Å². The number of hydrogen-bond donors (Lipinski definition) is 1. The number of thiophene rings is 1. The zero-order valence-corrected chi connectivity index (χ0v) is 20.7. The zero-order valence-electron chi connectivity index (χ0n) is 19.9. The third kappa shape index (κ3) is 5.06. The summed E-state index contributed by atoms with van der Waals surface area (Å²) >= 11 is 1.32. The second-order valence-electron chi connectivity index (χ2n) is 8.96. The molecule has 2 aromatic heterocycles. The van der Waals surface area contributed by atoms with E-state index < -0.39 is 0 Å². The summed E-state index contributed by atoms with van der Waals surface area (Å²) in [4.78, 5) is 32.3. The van der Waals surface area contributed by atoms with Gasteiger partial charge in [-0.3, -0.25) is 14.2 Å². The van der Waals surface area contributed by atoms with E-state index in [0.717, 1.165) is 53.8 Å². The number of benzene rings is 2. The van der Waals surface area contributed by atoms with Crippen LogP contribution in [0, 0.1) is 6.92 Å². The summed E-state index contributed by atoms with van der Waals surface area (Å²) in [5.74, 6) is 0.669. The topological polar surface area (TPSA) is 73.2 Å². The van der Waals surface area contributed by atoms with Gasteiger partial charge in [-0.05, 0) is 42.0 Å². The van der Waals surface area contributed by atoms with Crippen LogP contribution in [-0.2, 0) is 37.5 Å². The number of fused-ring (bicyclic) bond motifs is 2. The van der Waals surface area contributed by atoms with Crippen molar-refractivity contribution in [2.75, 3.05) is 0 Å². The first kappa shape index (κ1) is 23.5. The average molecular weight is 488 g/mol. The Morgan fingerprint density at radius 2 is 1.80 bits per heavy atom. The van der Waals surface area contributed by atoms with Crippen molar-refractivity contribution in [3.8, 4) is 0 Å². The van der Waals surface area contributed by atoms with E-state index in [0.29, 0.717) is 41.4 Å². The normalized spacial score (nSPS) is 13.4. The number of nitrogens with one attached hydrogen (secondary N) is 1. The van der Waals surface area contributed by atoms with Gasteiger partial charge in [0, 0.05) is 19.5 Å². The molecule has 0 aliphatic carbocycles. The highest BCUT2D eigenvalue weighted by molar-refractivity contribution is 7.20. The summed E-state index contributed by atoms with van der Waals surface area (Å²) in [6, 6.07) is 18.0. The number of aryl methyl sites for hydroxylation is 2. The average Bonchev–Trinajstić information content (AvgIpc) is 3.04. The van der Waals surface area contributed by atoms with Gasteiger partial charge in [-0.25, -0.2) is 4.98 Å². The number of carbonyl (C=O) groups excluding carboxylic acids is 1. The molecule has 180 valence electrons. The minimum Gasteiger partial charge on any atom is -0.372 e. The lowest BCUT2D eigenvalue weighted by Gasteiger charge is -2.11. The smallest absolute Gasteiger partial charge is 0.262 e. The zero-order chi connectivity index (χ0) is 24.2. The van der Waals surface area contributed by atoms with Crippen LogP contribution in [0.2, 0.25) is 0 Å². The van der Waals surface area contributed by atoms with Crippen LogP contribution in [0.1, 0.15) is 57.0 Å². The van der Waals surface area contributed by atoms with Crippen LogP contribution in [0.4, 0.5) is 0 Å². The Hall–Kier alpha value is -3.29. The van der Waals surface area contributed by atoms with Crippen molar-refractivity contribution < 1.29 is 9.53 Å². The third-order valence-electron chi connectivity index (χ3n) is 6.54. The predicted molar refractivity (Wildman–Crippen MR) is 139 cm³/mol.